The van der Waals surface area contributed by atoms with E-state index in [4.69, 9.17) is 4.74 Å². The first-order valence-corrected chi connectivity index (χ1v) is 7.60. The summed E-state index contributed by atoms with van der Waals surface area (Å²) in [5, 5.41) is 3.83. The highest BCUT2D eigenvalue weighted by molar-refractivity contribution is 5.72. The summed E-state index contributed by atoms with van der Waals surface area (Å²) in [6, 6.07) is 11.0. The molecule has 2 unspecified atom stereocenters. The molecule has 0 fully saturated rings. The van der Waals surface area contributed by atoms with Crippen LogP contribution in [-0.2, 0) is 12.0 Å². The van der Waals surface area contributed by atoms with E-state index in [-0.39, 0.29) is 5.54 Å². The number of fused-ring (bicyclic) bond motifs is 5. The lowest BCUT2D eigenvalue weighted by Gasteiger charge is -2.28. The SMILES string of the molecule is COc1cc(C)c2c(c1)C1Cc3cccc(C)c3C1(C)N2. The molecule has 0 bridgehead atoms. The Morgan fingerprint density at radius 3 is 2.76 bits per heavy atom. The zero-order chi connectivity index (χ0) is 14.8. The fourth-order valence-corrected chi connectivity index (χ4v) is 4.41. The van der Waals surface area contributed by atoms with Gasteiger partial charge in [0.15, 0.2) is 0 Å². The highest BCUT2D eigenvalue weighted by Gasteiger charge is 2.50. The fraction of sp³-hybridized carbons (Fsp3) is 0.368. The summed E-state index contributed by atoms with van der Waals surface area (Å²) in [6.45, 7) is 6.74. The third-order valence-corrected chi connectivity index (χ3v) is 5.33. The van der Waals surface area contributed by atoms with Crippen molar-refractivity contribution in [2.45, 2.75) is 38.6 Å². The number of nitrogens with one attached hydrogen (secondary N) is 1. The third-order valence-electron chi connectivity index (χ3n) is 5.33. The Hall–Kier alpha value is -1.96. The Balaban J connectivity index is 1.92. The van der Waals surface area contributed by atoms with E-state index >= 15 is 0 Å². The van der Waals surface area contributed by atoms with Crippen molar-refractivity contribution in [2.24, 2.45) is 0 Å². The van der Waals surface area contributed by atoms with E-state index in [2.05, 4.69) is 56.4 Å². The van der Waals surface area contributed by atoms with E-state index in [1.165, 1.54) is 33.5 Å². The molecule has 0 aromatic heterocycles. The van der Waals surface area contributed by atoms with E-state index in [0.29, 0.717) is 5.92 Å². The van der Waals surface area contributed by atoms with E-state index in [0.717, 1.165) is 12.2 Å². The number of anilines is 1. The lowest BCUT2D eigenvalue weighted by atomic mass is 9.83. The van der Waals surface area contributed by atoms with E-state index in [9.17, 15) is 0 Å². The normalized spacial score (nSPS) is 25.0. The molecule has 21 heavy (non-hydrogen) atoms. The van der Waals surface area contributed by atoms with Crippen LogP contribution in [0.25, 0.3) is 0 Å². The molecule has 1 N–H and O–H groups in total. The predicted octanol–water partition coefficient (Wildman–Crippen LogP) is 4.29. The van der Waals surface area contributed by atoms with Crippen molar-refractivity contribution in [3.05, 3.63) is 58.1 Å². The van der Waals surface area contributed by atoms with Gasteiger partial charge in [-0.3, -0.25) is 0 Å². The lowest BCUT2D eigenvalue weighted by Crippen LogP contribution is -2.30. The van der Waals surface area contributed by atoms with Gasteiger partial charge in [-0.2, -0.15) is 0 Å². The molecule has 2 aromatic rings. The maximum Gasteiger partial charge on any atom is 0.119 e. The molecule has 1 aliphatic heterocycles. The Bertz CT molecular complexity index is 749. The van der Waals surface area contributed by atoms with Gasteiger partial charge in [0, 0.05) is 11.6 Å². The maximum absolute atomic E-state index is 5.47. The van der Waals surface area contributed by atoms with Crippen molar-refractivity contribution in [1.29, 1.82) is 0 Å². The molecule has 0 spiro atoms. The Morgan fingerprint density at radius 2 is 2.00 bits per heavy atom. The lowest BCUT2D eigenvalue weighted by molar-refractivity contribution is 0.413. The van der Waals surface area contributed by atoms with Crippen molar-refractivity contribution in [1.82, 2.24) is 0 Å². The van der Waals surface area contributed by atoms with Crippen LogP contribution in [0.5, 0.6) is 5.75 Å². The number of ether oxygens (including phenoxy) is 1. The third kappa shape index (κ3) is 1.53. The summed E-state index contributed by atoms with van der Waals surface area (Å²) >= 11 is 0. The number of hydrogen-bond donors (Lipinski definition) is 1. The first kappa shape index (κ1) is 12.8. The summed E-state index contributed by atoms with van der Waals surface area (Å²) in [7, 11) is 1.75. The molecule has 2 nitrogen and oxygen atoms in total. The van der Waals surface area contributed by atoms with Gasteiger partial charge >= 0.3 is 0 Å². The molecule has 2 aromatic carbocycles. The van der Waals surface area contributed by atoms with Crippen LogP contribution in [0.3, 0.4) is 0 Å². The Morgan fingerprint density at radius 1 is 1.19 bits per heavy atom. The molecular formula is C19H21NO. The molecule has 2 atom stereocenters. The molecule has 2 aliphatic rings. The average Bonchev–Trinajstić information content (AvgIpc) is 2.89. The summed E-state index contributed by atoms with van der Waals surface area (Å²) in [5.74, 6) is 1.46. The number of methoxy groups -OCH3 is 1. The van der Waals surface area contributed by atoms with E-state index < -0.39 is 0 Å². The predicted molar refractivity (Wildman–Crippen MR) is 86.3 cm³/mol. The van der Waals surface area contributed by atoms with Crippen LogP contribution in [0, 0.1) is 13.8 Å². The van der Waals surface area contributed by atoms with Gasteiger partial charge in [-0.25, -0.2) is 0 Å². The van der Waals surface area contributed by atoms with Gasteiger partial charge in [0.1, 0.15) is 5.75 Å². The van der Waals surface area contributed by atoms with E-state index in [1.807, 2.05) is 0 Å². The van der Waals surface area contributed by atoms with Crippen LogP contribution in [0.2, 0.25) is 0 Å². The quantitative estimate of drug-likeness (QED) is 0.840. The summed E-state index contributed by atoms with van der Waals surface area (Å²) < 4.78 is 5.47. The molecule has 0 amide bonds. The summed E-state index contributed by atoms with van der Waals surface area (Å²) in [6.07, 6.45) is 1.11. The maximum atomic E-state index is 5.47. The van der Waals surface area contributed by atoms with Gasteiger partial charge < -0.3 is 10.1 Å². The molecule has 0 saturated heterocycles. The highest BCUT2D eigenvalue weighted by Crippen LogP contribution is 2.57. The molecule has 0 saturated carbocycles. The van der Waals surface area contributed by atoms with E-state index in [1.54, 1.807) is 7.11 Å². The van der Waals surface area contributed by atoms with Crippen LogP contribution in [0.4, 0.5) is 5.69 Å². The van der Waals surface area contributed by atoms with Gasteiger partial charge in [0.2, 0.25) is 0 Å². The molecule has 4 rings (SSSR count). The summed E-state index contributed by atoms with van der Waals surface area (Å²) in [5.41, 5.74) is 8.37. The molecular weight excluding hydrogens is 258 g/mol. The van der Waals surface area contributed by atoms with Crippen molar-refractivity contribution < 1.29 is 4.74 Å². The van der Waals surface area contributed by atoms with Crippen LogP contribution < -0.4 is 10.1 Å². The fourth-order valence-electron chi connectivity index (χ4n) is 4.41. The van der Waals surface area contributed by atoms with Crippen molar-refractivity contribution in [2.75, 3.05) is 12.4 Å². The van der Waals surface area contributed by atoms with Crippen molar-refractivity contribution >= 4 is 5.69 Å². The minimum atomic E-state index is 0.0140. The largest absolute Gasteiger partial charge is 0.497 e. The van der Waals surface area contributed by atoms with Gasteiger partial charge in [0.05, 0.1) is 12.6 Å². The number of aryl methyl sites for hydroxylation is 2. The Kier molecular flexibility index (Phi) is 2.45. The van der Waals surface area contributed by atoms with Crippen molar-refractivity contribution in [3.63, 3.8) is 0 Å². The van der Waals surface area contributed by atoms with Gasteiger partial charge in [-0.1, -0.05) is 18.2 Å². The average molecular weight is 279 g/mol. The summed E-state index contributed by atoms with van der Waals surface area (Å²) in [4.78, 5) is 0. The van der Waals surface area contributed by atoms with Crippen LogP contribution in [-0.4, -0.2) is 7.11 Å². The number of benzene rings is 2. The second-order valence-corrected chi connectivity index (χ2v) is 6.60. The Labute approximate surface area is 126 Å². The van der Waals surface area contributed by atoms with Gasteiger partial charge in [-0.05, 0) is 67.1 Å². The van der Waals surface area contributed by atoms with Crippen LogP contribution in [0.15, 0.2) is 30.3 Å². The first-order valence-electron chi connectivity index (χ1n) is 7.60. The molecule has 108 valence electrons. The van der Waals surface area contributed by atoms with Crippen LogP contribution >= 0.6 is 0 Å². The monoisotopic (exact) mass is 279 g/mol. The zero-order valence-corrected chi connectivity index (χ0v) is 13.1. The first-order chi connectivity index (χ1) is 10.0. The van der Waals surface area contributed by atoms with Crippen molar-refractivity contribution in [3.8, 4) is 5.75 Å². The second-order valence-electron chi connectivity index (χ2n) is 6.60. The van der Waals surface area contributed by atoms with Crippen LogP contribution in [0.1, 0.15) is 40.7 Å². The standard InChI is InChI=1S/C19H21NO/c1-11-6-5-7-13-9-16-15-10-14(21-4)8-12(2)18(15)20-19(16,3)17(11)13/h5-8,10,16,20H,9H2,1-4H3. The smallest absolute Gasteiger partial charge is 0.119 e. The molecule has 1 aliphatic carbocycles. The van der Waals surface area contributed by atoms with Gasteiger partial charge in [0.25, 0.3) is 0 Å². The number of rotatable bonds is 1. The molecule has 1 heterocycles. The topological polar surface area (TPSA) is 21.3 Å². The minimum Gasteiger partial charge on any atom is -0.497 e. The number of hydrogen-bond acceptors (Lipinski definition) is 2. The second kappa shape index (κ2) is 4.03. The highest BCUT2D eigenvalue weighted by atomic mass is 16.5. The van der Waals surface area contributed by atoms with Gasteiger partial charge in [-0.15, -0.1) is 0 Å². The zero-order valence-electron chi connectivity index (χ0n) is 13.1. The minimum absolute atomic E-state index is 0.0140. The molecule has 0 radical (unpaired) electrons. The molecule has 2 heteroatoms.